The minimum Gasteiger partial charge on any atom is -0.481 e. The van der Waals surface area contributed by atoms with Gasteiger partial charge < -0.3 is 15.3 Å². The number of aliphatic carboxylic acids is 1. The number of carbonyl (C=O) groups excluding carboxylic acids is 1. The second-order valence-corrected chi connectivity index (χ2v) is 8.35. The molecular formula is C17H21N3O3S2. The van der Waals surface area contributed by atoms with Crippen molar-refractivity contribution in [3.63, 3.8) is 0 Å². The van der Waals surface area contributed by atoms with Gasteiger partial charge in [-0.2, -0.15) is 0 Å². The van der Waals surface area contributed by atoms with E-state index in [-0.39, 0.29) is 6.03 Å². The fourth-order valence-corrected chi connectivity index (χ4v) is 4.55. The first-order chi connectivity index (χ1) is 12.0. The van der Waals surface area contributed by atoms with Crippen molar-refractivity contribution >= 4 is 34.7 Å². The molecule has 1 aliphatic rings. The van der Waals surface area contributed by atoms with Gasteiger partial charge in [-0.3, -0.25) is 4.79 Å². The summed E-state index contributed by atoms with van der Waals surface area (Å²) >= 11 is 3.33. The number of aryl methyl sites for hydroxylation is 1. The average molecular weight is 380 g/mol. The van der Waals surface area contributed by atoms with Crippen molar-refractivity contribution in [1.29, 1.82) is 0 Å². The third-order valence-electron chi connectivity index (χ3n) is 4.24. The zero-order chi connectivity index (χ0) is 17.8. The standard InChI is InChI=1S/C17H21N3O3S2/c1-11-19-14(10-24-11)15-5-4-13(25-15)6-7-18-17(23)20-8-2-3-12(9-20)16(21)22/h4-5,10,12H,2-3,6-9H2,1H3,(H,18,23)(H,21,22). The lowest BCUT2D eigenvalue weighted by Gasteiger charge is -2.30. The third-order valence-corrected chi connectivity index (χ3v) is 6.18. The molecule has 2 aromatic rings. The summed E-state index contributed by atoms with van der Waals surface area (Å²) in [5, 5.41) is 15.1. The van der Waals surface area contributed by atoms with E-state index in [0.29, 0.717) is 26.1 Å². The Labute approximate surface area is 154 Å². The molecule has 2 aromatic heterocycles. The zero-order valence-electron chi connectivity index (χ0n) is 14.0. The fraction of sp³-hybridized carbons (Fsp3) is 0.471. The smallest absolute Gasteiger partial charge is 0.317 e. The Kier molecular flexibility index (Phi) is 5.70. The number of thiophene rings is 1. The number of nitrogens with zero attached hydrogens (tertiary/aromatic N) is 2. The second-order valence-electron chi connectivity index (χ2n) is 6.12. The topological polar surface area (TPSA) is 82.5 Å². The highest BCUT2D eigenvalue weighted by molar-refractivity contribution is 7.16. The average Bonchev–Trinajstić information content (AvgIpc) is 3.24. The van der Waals surface area contributed by atoms with Crippen molar-refractivity contribution in [2.45, 2.75) is 26.2 Å². The summed E-state index contributed by atoms with van der Waals surface area (Å²) in [5.74, 6) is -1.26. The molecule has 1 unspecified atom stereocenters. The third kappa shape index (κ3) is 4.58. The van der Waals surface area contributed by atoms with E-state index in [1.165, 1.54) is 4.88 Å². The van der Waals surface area contributed by atoms with Crippen LogP contribution in [0.1, 0.15) is 22.7 Å². The maximum atomic E-state index is 12.2. The van der Waals surface area contributed by atoms with Crippen LogP contribution >= 0.6 is 22.7 Å². The molecule has 1 fully saturated rings. The molecule has 2 N–H and O–H groups in total. The summed E-state index contributed by atoms with van der Waals surface area (Å²) in [5.41, 5.74) is 1.01. The number of amides is 2. The highest BCUT2D eigenvalue weighted by Gasteiger charge is 2.27. The Bertz CT molecular complexity index is 756. The van der Waals surface area contributed by atoms with Gasteiger partial charge in [-0.15, -0.1) is 22.7 Å². The Balaban J connectivity index is 1.47. The molecule has 1 saturated heterocycles. The number of likely N-dealkylation sites (tertiary alicyclic amines) is 1. The summed E-state index contributed by atoms with van der Waals surface area (Å²) in [6.07, 6.45) is 2.15. The van der Waals surface area contributed by atoms with E-state index in [0.717, 1.165) is 28.4 Å². The van der Waals surface area contributed by atoms with E-state index in [2.05, 4.69) is 27.8 Å². The van der Waals surface area contributed by atoms with Crippen LogP contribution in [0.2, 0.25) is 0 Å². The van der Waals surface area contributed by atoms with Crippen LogP contribution in [0.4, 0.5) is 4.79 Å². The number of hydrogen-bond donors (Lipinski definition) is 2. The van der Waals surface area contributed by atoms with Crippen LogP contribution in [-0.4, -0.2) is 46.6 Å². The molecule has 3 heterocycles. The summed E-state index contributed by atoms with van der Waals surface area (Å²) in [6, 6.07) is 3.97. The lowest BCUT2D eigenvalue weighted by molar-refractivity contribution is -0.143. The fourth-order valence-electron chi connectivity index (χ4n) is 2.89. The highest BCUT2D eigenvalue weighted by Crippen LogP contribution is 2.29. The van der Waals surface area contributed by atoms with Crippen LogP contribution in [0.3, 0.4) is 0 Å². The van der Waals surface area contributed by atoms with Gasteiger partial charge in [0.1, 0.15) is 0 Å². The van der Waals surface area contributed by atoms with Crippen molar-refractivity contribution in [3.8, 4) is 10.6 Å². The molecule has 1 atom stereocenters. The van der Waals surface area contributed by atoms with E-state index in [9.17, 15) is 9.59 Å². The molecule has 0 radical (unpaired) electrons. The van der Waals surface area contributed by atoms with Gasteiger partial charge >= 0.3 is 12.0 Å². The molecule has 0 bridgehead atoms. The minimum atomic E-state index is -0.819. The number of piperidine rings is 1. The number of hydrogen-bond acceptors (Lipinski definition) is 5. The molecular weight excluding hydrogens is 358 g/mol. The SMILES string of the molecule is Cc1nc(-c2ccc(CCNC(=O)N3CCCC(C(=O)O)C3)s2)cs1. The number of carboxylic acid groups (broad SMARTS) is 1. The molecule has 134 valence electrons. The molecule has 8 heteroatoms. The van der Waals surface area contributed by atoms with Gasteiger partial charge in [0.2, 0.25) is 0 Å². The molecule has 2 amide bonds. The lowest BCUT2D eigenvalue weighted by Crippen LogP contribution is -2.47. The minimum absolute atomic E-state index is 0.169. The first-order valence-corrected chi connectivity index (χ1v) is 9.99. The Morgan fingerprint density at radius 3 is 3.00 bits per heavy atom. The highest BCUT2D eigenvalue weighted by atomic mass is 32.1. The Morgan fingerprint density at radius 2 is 2.28 bits per heavy atom. The first-order valence-electron chi connectivity index (χ1n) is 8.29. The van der Waals surface area contributed by atoms with Gasteiger partial charge in [0.15, 0.2) is 0 Å². The second kappa shape index (κ2) is 7.97. The van der Waals surface area contributed by atoms with Crippen molar-refractivity contribution in [3.05, 3.63) is 27.4 Å². The van der Waals surface area contributed by atoms with Crippen LogP contribution in [0.5, 0.6) is 0 Å². The molecule has 0 aromatic carbocycles. The Hall–Kier alpha value is -1.93. The van der Waals surface area contributed by atoms with Gasteiger partial charge in [-0.25, -0.2) is 9.78 Å². The van der Waals surface area contributed by atoms with Crippen molar-refractivity contribution < 1.29 is 14.7 Å². The van der Waals surface area contributed by atoms with E-state index >= 15 is 0 Å². The van der Waals surface area contributed by atoms with Gasteiger partial charge in [0.05, 0.1) is 21.5 Å². The molecule has 6 nitrogen and oxygen atoms in total. The van der Waals surface area contributed by atoms with Crippen molar-refractivity contribution in [2.75, 3.05) is 19.6 Å². The van der Waals surface area contributed by atoms with Gasteiger partial charge in [0.25, 0.3) is 0 Å². The predicted octanol–water partition coefficient (Wildman–Crippen LogP) is 3.23. The van der Waals surface area contributed by atoms with E-state index in [4.69, 9.17) is 5.11 Å². The lowest BCUT2D eigenvalue weighted by atomic mass is 9.99. The number of thiazole rings is 1. The molecule has 25 heavy (non-hydrogen) atoms. The number of urea groups is 1. The van der Waals surface area contributed by atoms with Crippen LogP contribution in [-0.2, 0) is 11.2 Å². The van der Waals surface area contributed by atoms with Gasteiger partial charge in [0, 0.05) is 29.9 Å². The first kappa shape index (κ1) is 17.9. The van der Waals surface area contributed by atoms with Crippen LogP contribution in [0.15, 0.2) is 17.5 Å². The largest absolute Gasteiger partial charge is 0.481 e. The molecule has 0 saturated carbocycles. The number of carbonyl (C=O) groups is 2. The van der Waals surface area contributed by atoms with Crippen LogP contribution in [0.25, 0.3) is 10.6 Å². The van der Waals surface area contributed by atoms with E-state index in [1.807, 2.05) is 6.92 Å². The predicted molar refractivity (Wildman–Crippen MR) is 99.2 cm³/mol. The number of carboxylic acids is 1. The summed E-state index contributed by atoms with van der Waals surface area (Å²) < 4.78 is 0. The van der Waals surface area contributed by atoms with E-state index < -0.39 is 11.9 Å². The molecule has 1 aliphatic heterocycles. The monoisotopic (exact) mass is 379 g/mol. The van der Waals surface area contributed by atoms with Crippen molar-refractivity contribution in [2.24, 2.45) is 5.92 Å². The number of aromatic nitrogens is 1. The van der Waals surface area contributed by atoms with Crippen LogP contribution < -0.4 is 5.32 Å². The van der Waals surface area contributed by atoms with Crippen LogP contribution in [0, 0.1) is 12.8 Å². The van der Waals surface area contributed by atoms with Gasteiger partial charge in [-0.05, 0) is 38.3 Å². The molecule has 0 aliphatic carbocycles. The summed E-state index contributed by atoms with van der Waals surface area (Å²) in [4.78, 5) is 31.7. The number of nitrogens with one attached hydrogen (secondary N) is 1. The quantitative estimate of drug-likeness (QED) is 0.836. The zero-order valence-corrected chi connectivity index (χ0v) is 15.7. The molecule has 3 rings (SSSR count). The normalized spacial score (nSPS) is 17.5. The Morgan fingerprint density at radius 1 is 1.44 bits per heavy atom. The number of rotatable bonds is 5. The van der Waals surface area contributed by atoms with E-state index in [1.54, 1.807) is 27.6 Å². The summed E-state index contributed by atoms with van der Waals surface area (Å²) in [7, 11) is 0. The maximum absolute atomic E-state index is 12.2. The maximum Gasteiger partial charge on any atom is 0.317 e. The summed E-state index contributed by atoms with van der Waals surface area (Å²) in [6.45, 7) is 3.46. The van der Waals surface area contributed by atoms with Crippen molar-refractivity contribution in [1.82, 2.24) is 15.2 Å². The molecule has 0 spiro atoms. The van der Waals surface area contributed by atoms with Gasteiger partial charge in [-0.1, -0.05) is 0 Å².